The van der Waals surface area contributed by atoms with Crippen molar-refractivity contribution in [3.05, 3.63) is 18.3 Å². The zero-order valence-corrected chi connectivity index (χ0v) is 11.7. The Morgan fingerprint density at radius 1 is 1.44 bits per heavy atom. The molecule has 1 atom stereocenters. The molecule has 4 heteroatoms. The molecule has 1 saturated heterocycles. The summed E-state index contributed by atoms with van der Waals surface area (Å²) in [5, 5.41) is 3.35. The number of rotatable bonds is 4. The van der Waals surface area contributed by atoms with Crippen molar-refractivity contribution in [2.75, 3.05) is 43.4 Å². The van der Waals surface area contributed by atoms with Gasteiger partial charge in [-0.15, -0.1) is 0 Å². The highest BCUT2D eigenvalue weighted by Gasteiger charge is 2.21. The van der Waals surface area contributed by atoms with Crippen molar-refractivity contribution in [3.63, 3.8) is 0 Å². The number of nitrogens with one attached hydrogen (secondary N) is 1. The summed E-state index contributed by atoms with van der Waals surface area (Å²) in [5.74, 6) is 0.987. The van der Waals surface area contributed by atoms with Gasteiger partial charge in [-0.2, -0.15) is 0 Å². The molecule has 0 amide bonds. The molecular formula is C14H24N4. The van der Waals surface area contributed by atoms with Crippen molar-refractivity contribution in [3.8, 4) is 0 Å². The zero-order chi connectivity index (χ0) is 13.0. The van der Waals surface area contributed by atoms with E-state index in [1.54, 1.807) is 0 Å². The number of pyridine rings is 1. The van der Waals surface area contributed by atoms with Crippen LogP contribution in [0.25, 0.3) is 0 Å². The number of nitrogens with zero attached hydrogens (tertiary/aromatic N) is 3. The Morgan fingerprint density at radius 3 is 3.00 bits per heavy atom. The summed E-state index contributed by atoms with van der Waals surface area (Å²) in [7, 11) is 2.19. The van der Waals surface area contributed by atoms with Gasteiger partial charge >= 0.3 is 0 Å². The predicted octanol–water partition coefficient (Wildman–Crippen LogP) is 2.04. The average Bonchev–Trinajstić information content (AvgIpc) is 2.36. The van der Waals surface area contributed by atoms with Gasteiger partial charge in [0.05, 0.1) is 0 Å². The van der Waals surface area contributed by atoms with E-state index in [0.29, 0.717) is 6.04 Å². The summed E-state index contributed by atoms with van der Waals surface area (Å²) in [6.45, 7) is 8.78. The molecule has 0 radical (unpaired) electrons. The summed E-state index contributed by atoms with van der Waals surface area (Å²) in [6, 6.07) is 4.83. The molecule has 18 heavy (non-hydrogen) atoms. The number of hydrogen-bond acceptors (Lipinski definition) is 4. The average molecular weight is 248 g/mol. The fourth-order valence-corrected chi connectivity index (χ4v) is 2.47. The van der Waals surface area contributed by atoms with Crippen LogP contribution in [0.2, 0.25) is 0 Å². The molecule has 1 aliphatic rings. The molecule has 0 spiro atoms. The molecule has 1 N–H and O–H groups in total. The second-order valence-corrected chi connectivity index (χ2v) is 5.13. The van der Waals surface area contributed by atoms with E-state index < -0.39 is 0 Å². The van der Waals surface area contributed by atoms with Crippen molar-refractivity contribution in [1.29, 1.82) is 0 Å². The minimum Gasteiger partial charge on any atom is -0.370 e. The smallest absolute Gasteiger partial charge is 0.127 e. The molecule has 2 heterocycles. The van der Waals surface area contributed by atoms with Gasteiger partial charge in [0.2, 0.25) is 0 Å². The fraction of sp³-hybridized carbons (Fsp3) is 0.643. The van der Waals surface area contributed by atoms with Crippen molar-refractivity contribution in [2.24, 2.45) is 0 Å². The van der Waals surface area contributed by atoms with E-state index in [9.17, 15) is 0 Å². The number of hydrogen-bond donors (Lipinski definition) is 1. The van der Waals surface area contributed by atoms with Crippen LogP contribution in [0.5, 0.6) is 0 Å². The lowest BCUT2D eigenvalue weighted by molar-refractivity contribution is 0.275. The maximum Gasteiger partial charge on any atom is 0.127 e. The van der Waals surface area contributed by atoms with Gasteiger partial charge in [0.15, 0.2) is 0 Å². The van der Waals surface area contributed by atoms with E-state index in [1.807, 2.05) is 6.20 Å². The third-order valence-corrected chi connectivity index (χ3v) is 3.46. The maximum atomic E-state index is 4.36. The summed E-state index contributed by atoms with van der Waals surface area (Å²) >= 11 is 0. The summed E-state index contributed by atoms with van der Waals surface area (Å²) in [4.78, 5) is 9.22. The molecule has 2 rings (SSSR count). The molecule has 1 unspecified atom stereocenters. The molecule has 1 fully saturated rings. The second-order valence-electron chi connectivity index (χ2n) is 5.13. The van der Waals surface area contributed by atoms with Gasteiger partial charge in [0, 0.05) is 50.2 Å². The van der Waals surface area contributed by atoms with E-state index >= 15 is 0 Å². The first-order valence-electron chi connectivity index (χ1n) is 6.86. The molecule has 1 aromatic heterocycles. The molecule has 0 aromatic carbocycles. The van der Waals surface area contributed by atoms with Gasteiger partial charge in [-0.1, -0.05) is 6.92 Å². The van der Waals surface area contributed by atoms with E-state index in [2.05, 4.69) is 53.1 Å². The molecule has 1 aromatic rings. The number of aromatic nitrogens is 1. The molecule has 0 saturated carbocycles. The SMILES string of the molecule is CCCNc1cc(N2CCN(C)CC2C)ccn1. The molecule has 0 bridgehead atoms. The Morgan fingerprint density at radius 2 is 2.28 bits per heavy atom. The van der Waals surface area contributed by atoms with E-state index in [0.717, 1.165) is 38.4 Å². The summed E-state index contributed by atoms with van der Waals surface area (Å²) in [6.07, 6.45) is 3.02. The van der Waals surface area contributed by atoms with Crippen LogP contribution in [0, 0.1) is 0 Å². The Labute approximate surface area is 110 Å². The van der Waals surface area contributed by atoms with Gasteiger partial charge in [-0.3, -0.25) is 0 Å². The minimum absolute atomic E-state index is 0.560. The van der Waals surface area contributed by atoms with Crippen LogP contribution in [0.15, 0.2) is 18.3 Å². The van der Waals surface area contributed by atoms with Crippen molar-refractivity contribution in [2.45, 2.75) is 26.3 Å². The lowest BCUT2D eigenvalue weighted by Gasteiger charge is -2.39. The third kappa shape index (κ3) is 3.13. The largest absolute Gasteiger partial charge is 0.370 e. The highest BCUT2D eigenvalue weighted by atomic mass is 15.3. The zero-order valence-electron chi connectivity index (χ0n) is 11.7. The molecule has 100 valence electrons. The van der Waals surface area contributed by atoms with Crippen molar-refractivity contribution < 1.29 is 0 Å². The summed E-state index contributed by atoms with van der Waals surface area (Å²) in [5.41, 5.74) is 1.28. The molecule has 1 aliphatic heterocycles. The molecule has 0 aliphatic carbocycles. The van der Waals surface area contributed by atoms with E-state index in [1.165, 1.54) is 5.69 Å². The van der Waals surface area contributed by atoms with Gasteiger partial charge in [-0.25, -0.2) is 4.98 Å². The normalized spacial score (nSPS) is 21.1. The second kappa shape index (κ2) is 6.05. The quantitative estimate of drug-likeness (QED) is 0.883. The maximum absolute atomic E-state index is 4.36. The van der Waals surface area contributed by atoms with Crippen LogP contribution < -0.4 is 10.2 Å². The van der Waals surface area contributed by atoms with E-state index in [-0.39, 0.29) is 0 Å². The van der Waals surface area contributed by atoms with Crippen LogP contribution >= 0.6 is 0 Å². The topological polar surface area (TPSA) is 31.4 Å². The van der Waals surface area contributed by atoms with Crippen molar-refractivity contribution in [1.82, 2.24) is 9.88 Å². The first-order chi connectivity index (χ1) is 8.70. The fourth-order valence-electron chi connectivity index (χ4n) is 2.47. The Bertz CT molecular complexity index is 380. The molecule has 4 nitrogen and oxygen atoms in total. The van der Waals surface area contributed by atoms with Gasteiger partial charge < -0.3 is 15.1 Å². The third-order valence-electron chi connectivity index (χ3n) is 3.46. The lowest BCUT2D eigenvalue weighted by atomic mass is 10.1. The highest BCUT2D eigenvalue weighted by molar-refractivity contribution is 5.54. The van der Waals surface area contributed by atoms with Crippen molar-refractivity contribution >= 4 is 11.5 Å². The van der Waals surface area contributed by atoms with Gasteiger partial charge in [0.1, 0.15) is 5.82 Å². The molecular weight excluding hydrogens is 224 g/mol. The van der Waals surface area contributed by atoms with Crippen LogP contribution in [0.1, 0.15) is 20.3 Å². The Hall–Kier alpha value is -1.29. The summed E-state index contributed by atoms with van der Waals surface area (Å²) < 4.78 is 0. The monoisotopic (exact) mass is 248 g/mol. The Kier molecular flexibility index (Phi) is 4.42. The van der Waals surface area contributed by atoms with Crippen LogP contribution in [-0.2, 0) is 0 Å². The standard InChI is InChI=1S/C14H24N4/c1-4-6-15-14-10-13(5-7-16-14)18-9-8-17(3)11-12(18)2/h5,7,10,12H,4,6,8-9,11H2,1-3H3,(H,15,16). The van der Waals surface area contributed by atoms with E-state index in [4.69, 9.17) is 0 Å². The Balaban J connectivity index is 2.07. The van der Waals surface area contributed by atoms with Crippen LogP contribution in [0.3, 0.4) is 0 Å². The number of anilines is 2. The van der Waals surface area contributed by atoms with Crippen LogP contribution in [-0.4, -0.2) is 49.2 Å². The highest BCUT2D eigenvalue weighted by Crippen LogP contribution is 2.21. The van der Waals surface area contributed by atoms with Gasteiger partial charge in [-0.05, 0) is 26.5 Å². The number of piperazine rings is 1. The predicted molar refractivity (Wildman–Crippen MR) is 77.3 cm³/mol. The first kappa shape index (κ1) is 13.1. The lowest BCUT2D eigenvalue weighted by Crippen LogP contribution is -2.50. The number of likely N-dealkylation sites (N-methyl/N-ethyl adjacent to an activating group) is 1. The van der Waals surface area contributed by atoms with Gasteiger partial charge in [0.25, 0.3) is 0 Å². The van der Waals surface area contributed by atoms with Crippen LogP contribution in [0.4, 0.5) is 11.5 Å². The minimum atomic E-state index is 0.560. The first-order valence-corrected chi connectivity index (χ1v) is 6.86.